The summed E-state index contributed by atoms with van der Waals surface area (Å²) >= 11 is 7.13. The number of ether oxygens (including phenoxy) is 1. The highest BCUT2D eigenvalue weighted by Crippen LogP contribution is 2.10. The highest BCUT2D eigenvalue weighted by Gasteiger charge is 2.16. The second kappa shape index (κ2) is 7.18. The van der Waals surface area contributed by atoms with Crippen LogP contribution in [0, 0.1) is 3.57 Å². The number of nitrogens with one attached hydrogen (secondary N) is 3. The molecule has 1 aliphatic heterocycles. The number of amides is 1. The van der Waals surface area contributed by atoms with Crippen molar-refractivity contribution in [3.8, 4) is 0 Å². The predicted molar refractivity (Wildman–Crippen MR) is 86.1 cm³/mol. The second-order valence-corrected chi connectivity index (χ2v) is 5.99. The van der Waals surface area contributed by atoms with Gasteiger partial charge in [-0.05, 0) is 47.7 Å². The van der Waals surface area contributed by atoms with Gasteiger partial charge in [0.2, 0.25) is 0 Å². The molecule has 7 nitrogen and oxygen atoms in total. The van der Waals surface area contributed by atoms with Crippen LogP contribution in [0.3, 0.4) is 0 Å². The van der Waals surface area contributed by atoms with Gasteiger partial charge in [0.1, 0.15) is 0 Å². The van der Waals surface area contributed by atoms with Crippen LogP contribution in [0.25, 0.3) is 0 Å². The fraction of sp³-hybridized carbons (Fsp3) is 0.545. The van der Waals surface area contributed by atoms with Crippen molar-refractivity contribution in [1.82, 2.24) is 25.9 Å². The first-order valence-corrected chi connectivity index (χ1v) is 7.70. The van der Waals surface area contributed by atoms with Crippen LogP contribution in [0.4, 0.5) is 0 Å². The second-order valence-electron chi connectivity index (χ2n) is 4.42. The Balaban J connectivity index is 1.72. The van der Waals surface area contributed by atoms with Gasteiger partial charge >= 0.3 is 0 Å². The molecule has 1 saturated heterocycles. The topological polar surface area (TPSA) is 80.2 Å². The molecule has 0 spiro atoms. The quantitative estimate of drug-likeness (QED) is 0.379. The average molecular weight is 409 g/mol. The summed E-state index contributed by atoms with van der Waals surface area (Å²) in [5.41, 5.74) is 5.53. The summed E-state index contributed by atoms with van der Waals surface area (Å²) in [6, 6.07) is 0. The molecule has 20 heavy (non-hydrogen) atoms. The smallest absolute Gasteiger partial charge is 0.291 e. The molecule has 1 aliphatic rings. The Hall–Kier alpha value is -0.940. The fourth-order valence-electron chi connectivity index (χ4n) is 1.84. The Bertz CT molecular complexity index is 501. The number of carbonyl (C=O) groups is 1. The zero-order chi connectivity index (χ0) is 14.5. The third-order valence-corrected chi connectivity index (χ3v) is 3.84. The lowest BCUT2D eigenvalue weighted by Crippen LogP contribution is -2.48. The molecule has 3 N–H and O–H groups in total. The molecule has 1 aromatic heterocycles. The van der Waals surface area contributed by atoms with Crippen LogP contribution < -0.4 is 16.2 Å². The standard InChI is InChI=1S/C11H16IN5O2S/c1-17-6-8(12)9(16-17)10(18)14-15-11(20)13-5-7-3-2-4-19-7/h6-7H,2-5H2,1H3,(H,14,18)(H2,13,15,20)/t7-/m1/s1. The summed E-state index contributed by atoms with van der Waals surface area (Å²) in [7, 11) is 1.76. The van der Waals surface area contributed by atoms with Crippen LogP contribution in [-0.4, -0.2) is 40.1 Å². The summed E-state index contributed by atoms with van der Waals surface area (Å²) in [5.74, 6) is -0.323. The van der Waals surface area contributed by atoms with Crippen molar-refractivity contribution in [3.05, 3.63) is 15.5 Å². The first kappa shape index (κ1) is 15.4. The number of hydrogen-bond donors (Lipinski definition) is 3. The molecular weight excluding hydrogens is 393 g/mol. The molecule has 1 atom stereocenters. The van der Waals surface area contributed by atoms with Crippen molar-refractivity contribution >= 4 is 45.8 Å². The maximum atomic E-state index is 11.9. The van der Waals surface area contributed by atoms with Gasteiger partial charge < -0.3 is 10.1 Å². The van der Waals surface area contributed by atoms with E-state index in [1.165, 1.54) is 0 Å². The van der Waals surface area contributed by atoms with Crippen LogP contribution >= 0.6 is 34.8 Å². The summed E-state index contributed by atoms with van der Waals surface area (Å²) in [6.07, 6.45) is 4.08. The van der Waals surface area contributed by atoms with Crippen molar-refractivity contribution in [1.29, 1.82) is 0 Å². The molecule has 9 heteroatoms. The highest BCUT2D eigenvalue weighted by molar-refractivity contribution is 14.1. The van der Waals surface area contributed by atoms with Gasteiger partial charge in [0, 0.05) is 26.4 Å². The van der Waals surface area contributed by atoms with Crippen LogP contribution in [0.1, 0.15) is 23.3 Å². The van der Waals surface area contributed by atoms with E-state index in [0.29, 0.717) is 17.4 Å². The van der Waals surface area contributed by atoms with Crippen LogP contribution in [-0.2, 0) is 11.8 Å². The molecule has 1 aromatic rings. The summed E-state index contributed by atoms with van der Waals surface area (Å²) < 4.78 is 7.83. The SMILES string of the molecule is Cn1cc(I)c(C(=O)NNC(=S)NC[C@H]2CCCO2)n1. The molecule has 2 heterocycles. The zero-order valence-corrected chi connectivity index (χ0v) is 14.0. The maximum absolute atomic E-state index is 11.9. The van der Waals surface area contributed by atoms with Gasteiger partial charge in [-0.25, -0.2) is 0 Å². The van der Waals surface area contributed by atoms with E-state index in [1.54, 1.807) is 17.9 Å². The van der Waals surface area contributed by atoms with Crippen molar-refractivity contribution in [2.75, 3.05) is 13.2 Å². The van der Waals surface area contributed by atoms with Gasteiger partial charge in [-0.1, -0.05) is 0 Å². The minimum absolute atomic E-state index is 0.196. The summed E-state index contributed by atoms with van der Waals surface area (Å²) in [4.78, 5) is 11.9. The van der Waals surface area contributed by atoms with Crippen LogP contribution in [0.2, 0.25) is 0 Å². The number of halogens is 1. The molecular formula is C11H16IN5O2S. The summed E-state index contributed by atoms with van der Waals surface area (Å²) in [5, 5.41) is 7.44. The van der Waals surface area contributed by atoms with Crippen LogP contribution in [0.15, 0.2) is 6.20 Å². The Morgan fingerprint density at radius 1 is 1.65 bits per heavy atom. The average Bonchev–Trinajstić information content (AvgIpc) is 3.03. The lowest BCUT2D eigenvalue weighted by atomic mass is 10.2. The Morgan fingerprint density at radius 3 is 3.05 bits per heavy atom. The number of hydrazine groups is 1. The van der Waals surface area contributed by atoms with Crippen LogP contribution in [0.5, 0.6) is 0 Å². The molecule has 0 aromatic carbocycles. The Morgan fingerprint density at radius 2 is 2.45 bits per heavy atom. The van der Waals surface area contributed by atoms with E-state index in [4.69, 9.17) is 17.0 Å². The van der Waals surface area contributed by atoms with E-state index in [2.05, 4.69) is 43.9 Å². The number of carbonyl (C=O) groups excluding carboxylic acids is 1. The van der Waals surface area contributed by atoms with Gasteiger partial charge in [0.25, 0.3) is 5.91 Å². The maximum Gasteiger partial charge on any atom is 0.291 e. The normalized spacial score (nSPS) is 17.8. The first-order valence-electron chi connectivity index (χ1n) is 6.21. The van der Waals surface area contributed by atoms with E-state index >= 15 is 0 Å². The van der Waals surface area contributed by atoms with Crippen molar-refractivity contribution in [3.63, 3.8) is 0 Å². The third kappa shape index (κ3) is 4.28. The van der Waals surface area contributed by atoms with E-state index in [1.807, 2.05) is 0 Å². The molecule has 1 amide bonds. The van der Waals surface area contributed by atoms with Crippen molar-refractivity contribution in [2.24, 2.45) is 7.05 Å². The van der Waals surface area contributed by atoms with Gasteiger partial charge in [-0.2, -0.15) is 5.10 Å². The first-order chi connectivity index (χ1) is 9.56. The Labute approximate surface area is 135 Å². The van der Waals surface area contributed by atoms with E-state index in [9.17, 15) is 4.79 Å². The molecule has 0 aliphatic carbocycles. The lowest BCUT2D eigenvalue weighted by molar-refractivity contribution is 0.0936. The molecule has 0 radical (unpaired) electrons. The molecule has 1 fully saturated rings. The fourth-order valence-corrected chi connectivity index (χ4v) is 2.73. The minimum atomic E-state index is -0.323. The zero-order valence-electron chi connectivity index (χ0n) is 11.0. The molecule has 110 valence electrons. The van der Waals surface area contributed by atoms with Gasteiger partial charge in [-0.3, -0.25) is 20.3 Å². The number of aromatic nitrogens is 2. The summed E-state index contributed by atoms with van der Waals surface area (Å²) in [6.45, 7) is 1.45. The largest absolute Gasteiger partial charge is 0.376 e. The third-order valence-electron chi connectivity index (χ3n) is 2.80. The van der Waals surface area contributed by atoms with Gasteiger partial charge in [0.05, 0.1) is 9.67 Å². The molecule has 0 unspecified atom stereocenters. The van der Waals surface area contributed by atoms with Gasteiger partial charge in [-0.15, -0.1) is 0 Å². The van der Waals surface area contributed by atoms with Crippen molar-refractivity contribution < 1.29 is 9.53 Å². The van der Waals surface area contributed by atoms with Crippen molar-refractivity contribution in [2.45, 2.75) is 18.9 Å². The minimum Gasteiger partial charge on any atom is -0.376 e. The number of thiocarbonyl (C=S) groups is 1. The highest BCUT2D eigenvalue weighted by atomic mass is 127. The van der Waals surface area contributed by atoms with Gasteiger partial charge in [0.15, 0.2) is 10.8 Å². The molecule has 0 bridgehead atoms. The lowest BCUT2D eigenvalue weighted by Gasteiger charge is -2.14. The Kier molecular flexibility index (Phi) is 5.54. The van der Waals surface area contributed by atoms with E-state index in [-0.39, 0.29) is 12.0 Å². The molecule has 0 saturated carbocycles. The van der Waals surface area contributed by atoms with E-state index < -0.39 is 0 Å². The van der Waals surface area contributed by atoms with E-state index in [0.717, 1.165) is 23.0 Å². The predicted octanol–water partition coefficient (Wildman–Crippen LogP) is 0.313. The number of nitrogens with zero attached hydrogens (tertiary/aromatic N) is 2. The number of hydrogen-bond acceptors (Lipinski definition) is 4. The monoisotopic (exact) mass is 409 g/mol. The number of aryl methyl sites for hydroxylation is 1. The number of rotatable bonds is 3. The molecule has 2 rings (SSSR count).